The first-order chi connectivity index (χ1) is 18.5. The first-order valence-corrected chi connectivity index (χ1v) is 14.8. The minimum absolute atomic E-state index is 0.0145. The topological polar surface area (TPSA) is 71.3 Å². The predicted octanol–water partition coefficient (Wildman–Crippen LogP) is 6.10. The molecule has 4 rings (SSSR count). The van der Waals surface area contributed by atoms with Crippen molar-refractivity contribution in [3.63, 3.8) is 0 Å². The maximum Gasteiger partial charge on any atom is 0.233 e. The molecule has 1 aliphatic heterocycles. The molecule has 7 nitrogen and oxygen atoms in total. The smallest absolute Gasteiger partial charge is 0.233 e. The predicted molar refractivity (Wildman–Crippen MR) is 154 cm³/mol. The number of carbonyl (C=O) groups excluding carboxylic acids is 2. The summed E-state index contributed by atoms with van der Waals surface area (Å²) in [4.78, 5) is 29.7. The van der Waals surface area contributed by atoms with Crippen LogP contribution in [0.1, 0.15) is 52.4 Å². The van der Waals surface area contributed by atoms with Crippen LogP contribution in [0.5, 0.6) is 0 Å². The van der Waals surface area contributed by atoms with Crippen molar-refractivity contribution in [2.45, 2.75) is 63.6 Å². The molecule has 9 heteroatoms. The lowest BCUT2D eigenvalue weighted by Crippen LogP contribution is -2.55. The van der Waals surface area contributed by atoms with Crippen molar-refractivity contribution in [1.82, 2.24) is 24.6 Å². The minimum atomic E-state index is 0.0145. The van der Waals surface area contributed by atoms with Gasteiger partial charge in [-0.25, -0.2) is 0 Å². The third kappa shape index (κ3) is 6.97. The second kappa shape index (κ2) is 13.8. The van der Waals surface area contributed by atoms with E-state index in [1.165, 1.54) is 31.0 Å². The molecule has 1 aliphatic rings. The number of thioether (sulfide) groups is 1. The molecule has 1 aromatic heterocycles. The van der Waals surface area contributed by atoms with Gasteiger partial charge >= 0.3 is 0 Å². The number of amides is 2. The molecule has 202 valence electrons. The number of hydrogen-bond acceptors (Lipinski definition) is 5. The van der Waals surface area contributed by atoms with Crippen LogP contribution >= 0.6 is 23.4 Å². The van der Waals surface area contributed by atoms with Gasteiger partial charge in [0.05, 0.1) is 10.8 Å². The standard InChI is InChI=1S/C29H36ClN5O2S/c1-3-4-5-6-10-17-26(36)34-19-18-33(20-22(34)2)27(37)21-38-29-32-31-28(24-15-11-12-16-25(24)30)35(29)23-13-8-7-9-14-23/h7-9,11-16,22H,3-6,10,17-21H2,1-2H3. The summed E-state index contributed by atoms with van der Waals surface area (Å²) in [5.41, 5.74) is 1.68. The second-order valence-electron chi connectivity index (χ2n) is 9.69. The third-order valence-electron chi connectivity index (χ3n) is 6.88. The maximum atomic E-state index is 13.2. The Labute approximate surface area is 234 Å². The quantitative estimate of drug-likeness (QED) is 0.212. The van der Waals surface area contributed by atoms with E-state index in [9.17, 15) is 9.59 Å². The van der Waals surface area contributed by atoms with Gasteiger partial charge in [0, 0.05) is 43.3 Å². The van der Waals surface area contributed by atoms with Crippen LogP contribution in [0.4, 0.5) is 0 Å². The molecule has 1 saturated heterocycles. The van der Waals surface area contributed by atoms with Gasteiger partial charge in [-0.3, -0.25) is 14.2 Å². The molecular formula is C29H36ClN5O2S. The van der Waals surface area contributed by atoms with Gasteiger partial charge in [0.2, 0.25) is 11.8 Å². The molecule has 3 aromatic rings. The van der Waals surface area contributed by atoms with Gasteiger partial charge in [-0.2, -0.15) is 0 Å². The van der Waals surface area contributed by atoms with Crippen molar-refractivity contribution in [3.05, 3.63) is 59.6 Å². The molecule has 2 aromatic carbocycles. The van der Waals surface area contributed by atoms with Crippen LogP contribution in [0.2, 0.25) is 5.02 Å². The lowest BCUT2D eigenvalue weighted by molar-refractivity contribution is -0.141. The Morgan fingerprint density at radius 2 is 1.68 bits per heavy atom. The molecule has 2 heterocycles. The van der Waals surface area contributed by atoms with Crippen LogP contribution in [0.25, 0.3) is 17.1 Å². The fourth-order valence-electron chi connectivity index (χ4n) is 4.79. The number of benzene rings is 2. The highest BCUT2D eigenvalue weighted by atomic mass is 35.5. The largest absolute Gasteiger partial charge is 0.338 e. The summed E-state index contributed by atoms with van der Waals surface area (Å²) < 4.78 is 1.94. The molecule has 0 aliphatic carbocycles. The number of rotatable bonds is 11. The molecule has 38 heavy (non-hydrogen) atoms. The summed E-state index contributed by atoms with van der Waals surface area (Å²) in [6, 6.07) is 17.4. The number of piperazine rings is 1. The summed E-state index contributed by atoms with van der Waals surface area (Å²) in [6.07, 6.45) is 6.27. The Balaban J connectivity index is 1.38. The summed E-state index contributed by atoms with van der Waals surface area (Å²) >= 11 is 7.84. The molecule has 1 atom stereocenters. The Hall–Kier alpha value is -2.84. The highest BCUT2D eigenvalue weighted by Gasteiger charge is 2.29. The monoisotopic (exact) mass is 553 g/mol. The minimum Gasteiger partial charge on any atom is -0.338 e. The Kier molecular flexibility index (Phi) is 10.2. The number of para-hydroxylation sites is 1. The highest BCUT2D eigenvalue weighted by molar-refractivity contribution is 7.99. The van der Waals surface area contributed by atoms with E-state index in [1.807, 2.05) is 75.9 Å². The van der Waals surface area contributed by atoms with E-state index in [2.05, 4.69) is 17.1 Å². The van der Waals surface area contributed by atoms with E-state index in [4.69, 9.17) is 11.6 Å². The Morgan fingerprint density at radius 1 is 0.947 bits per heavy atom. The fraction of sp³-hybridized carbons (Fsp3) is 0.448. The van der Waals surface area contributed by atoms with Gasteiger partial charge in [0.1, 0.15) is 0 Å². The van der Waals surface area contributed by atoms with Crippen molar-refractivity contribution >= 4 is 35.2 Å². The van der Waals surface area contributed by atoms with Gasteiger partial charge in [0.25, 0.3) is 0 Å². The van der Waals surface area contributed by atoms with Crippen molar-refractivity contribution < 1.29 is 9.59 Å². The van der Waals surface area contributed by atoms with Gasteiger partial charge in [-0.05, 0) is 37.6 Å². The van der Waals surface area contributed by atoms with Crippen LogP contribution < -0.4 is 0 Å². The van der Waals surface area contributed by atoms with Crippen molar-refractivity contribution in [1.29, 1.82) is 0 Å². The van der Waals surface area contributed by atoms with Crippen LogP contribution in [0.3, 0.4) is 0 Å². The average Bonchev–Trinajstić information content (AvgIpc) is 3.35. The molecule has 0 spiro atoms. The Morgan fingerprint density at radius 3 is 2.42 bits per heavy atom. The van der Waals surface area contributed by atoms with E-state index in [1.54, 1.807) is 0 Å². The summed E-state index contributed by atoms with van der Waals surface area (Å²) in [7, 11) is 0. The average molecular weight is 554 g/mol. The number of hydrogen-bond donors (Lipinski definition) is 0. The van der Waals surface area contributed by atoms with E-state index in [0.717, 1.165) is 24.1 Å². The van der Waals surface area contributed by atoms with Crippen molar-refractivity contribution in [2.75, 3.05) is 25.4 Å². The maximum absolute atomic E-state index is 13.2. The van der Waals surface area contributed by atoms with Gasteiger partial charge in [-0.15, -0.1) is 10.2 Å². The lowest BCUT2D eigenvalue weighted by atomic mass is 10.1. The molecule has 0 bridgehead atoms. The normalized spacial score (nSPS) is 15.6. The molecule has 0 radical (unpaired) electrons. The van der Waals surface area contributed by atoms with Crippen LogP contribution in [-0.4, -0.2) is 67.8 Å². The number of unbranched alkanes of at least 4 members (excludes halogenated alkanes) is 4. The third-order valence-corrected chi connectivity index (χ3v) is 8.13. The van der Waals surface area contributed by atoms with Crippen LogP contribution in [0.15, 0.2) is 59.8 Å². The lowest BCUT2D eigenvalue weighted by Gasteiger charge is -2.40. The molecule has 1 fully saturated rings. The van der Waals surface area contributed by atoms with Gasteiger partial charge in [0.15, 0.2) is 11.0 Å². The first kappa shape index (κ1) is 28.2. The number of aromatic nitrogens is 3. The highest BCUT2D eigenvalue weighted by Crippen LogP contribution is 2.32. The molecule has 1 unspecified atom stereocenters. The zero-order valence-electron chi connectivity index (χ0n) is 22.2. The fourth-order valence-corrected chi connectivity index (χ4v) is 5.86. The Bertz CT molecular complexity index is 1220. The molecule has 0 N–H and O–H groups in total. The number of carbonyl (C=O) groups is 2. The van der Waals surface area contributed by atoms with Gasteiger partial charge < -0.3 is 9.80 Å². The zero-order chi connectivity index (χ0) is 26.9. The van der Waals surface area contributed by atoms with Gasteiger partial charge in [-0.1, -0.05) is 86.3 Å². The van der Waals surface area contributed by atoms with Crippen LogP contribution in [0, 0.1) is 0 Å². The molecule has 0 saturated carbocycles. The zero-order valence-corrected chi connectivity index (χ0v) is 23.8. The molecule has 2 amide bonds. The van der Waals surface area contributed by atoms with Crippen LogP contribution in [-0.2, 0) is 9.59 Å². The van der Waals surface area contributed by atoms with E-state index in [0.29, 0.717) is 42.1 Å². The van der Waals surface area contributed by atoms with Crippen molar-refractivity contribution in [3.8, 4) is 17.1 Å². The summed E-state index contributed by atoms with van der Waals surface area (Å²) in [6.45, 7) is 5.92. The number of nitrogens with zero attached hydrogens (tertiary/aromatic N) is 5. The van der Waals surface area contributed by atoms with Crippen molar-refractivity contribution in [2.24, 2.45) is 0 Å². The summed E-state index contributed by atoms with van der Waals surface area (Å²) in [5, 5.41) is 10.1. The van der Waals surface area contributed by atoms with E-state index < -0.39 is 0 Å². The SMILES string of the molecule is CCCCCCCC(=O)N1CCN(C(=O)CSc2nnc(-c3ccccc3Cl)n2-c2ccccc2)CC1C. The van der Waals surface area contributed by atoms with E-state index in [-0.39, 0.29) is 23.6 Å². The number of halogens is 1. The van der Waals surface area contributed by atoms with E-state index >= 15 is 0 Å². The summed E-state index contributed by atoms with van der Waals surface area (Å²) in [5.74, 6) is 1.12. The second-order valence-corrected chi connectivity index (χ2v) is 11.0. The first-order valence-electron chi connectivity index (χ1n) is 13.5. The molecular weight excluding hydrogens is 518 g/mol.